The van der Waals surface area contributed by atoms with Gasteiger partial charge >= 0.3 is 6.18 Å². The SMILES string of the molecule is CCC1OCC(Nc2cncc(C(F)(F)F)n2)C(O)C1O.CO. The molecule has 1 fully saturated rings. The molecule has 1 aromatic rings. The topological polar surface area (TPSA) is 108 Å². The van der Waals surface area contributed by atoms with E-state index in [0.29, 0.717) is 12.6 Å². The summed E-state index contributed by atoms with van der Waals surface area (Å²) >= 11 is 0. The smallest absolute Gasteiger partial charge is 0.400 e. The summed E-state index contributed by atoms with van der Waals surface area (Å²) in [5, 5.41) is 29.4. The average molecular weight is 339 g/mol. The molecule has 23 heavy (non-hydrogen) atoms. The lowest BCUT2D eigenvalue weighted by Crippen LogP contribution is -2.55. The predicted octanol–water partition coefficient (Wildman–Crippen LogP) is 0.415. The largest absolute Gasteiger partial charge is 0.434 e. The van der Waals surface area contributed by atoms with Crippen molar-refractivity contribution in [1.82, 2.24) is 9.97 Å². The van der Waals surface area contributed by atoms with Crippen LogP contribution in [0, 0.1) is 0 Å². The summed E-state index contributed by atoms with van der Waals surface area (Å²) < 4.78 is 43.0. The maximum atomic E-state index is 12.5. The first-order chi connectivity index (χ1) is 10.8. The van der Waals surface area contributed by atoms with E-state index in [0.717, 1.165) is 13.3 Å². The van der Waals surface area contributed by atoms with E-state index < -0.39 is 36.2 Å². The highest BCUT2D eigenvalue weighted by atomic mass is 19.4. The molecule has 0 radical (unpaired) electrons. The van der Waals surface area contributed by atoms with E-state index >= 15 is 0 Å². The number of nitrogens with one attached hydrogen (secondary N) is 1. The Labute approximate surface area is 131 Å². The first-order valence-electron chi connectivity index (χ1n) is 6.91. The molecule has 2 heterocycles. The van der Waals surface area contributed by atoms with Gasteiger partial charge in [-0.1, -0.05) is 6.92 Å². The van der Waals surface area contributed by atoms with E-state index in [1.165, 1.54) is 0 Å². The number of alkyl halides is 3. The van der Waals surface area contributed by atoms with Gasteiger partial charge in [-0.2, -0.15) is 13.2 Å². The molecule has 132 valence electrons. The molecular weight excluding hydrogens is 319 g/mol. The third-order valence-electron chi connectivity index (χ3n) is 3.29. The normalized spacial score (nSPS) is 27.8. The summed E-state index contributed by atoms with van der Waals surface area (Å²) in [6.45, 7) is 1.85. The summed E-state index contributed by atoms with van der Waals surface area (Å²) in [4.78, 5) is 6.85. The molecule has 0 amide bonds. The van der Waals surface area contributed by atoms with Crippen LogP contribution in [0.2, 0.25) is 0 Å². The van der Waals surface area contributed by atoms with Crippen LogP contribution >= 0.6 is 0 Å². The van der Waals surface area contributed by atoms with Gasteiger partial charge < -0.3 is 25.4 Å². The van der Waals surface area contributed by atoms with Gasteiger partial charge in [0.15, 0.2) is 5.69 Å². The van der Waals surface area contributed by atoms with Crippen LogP contribution < -0.4 is 5.32 Å². The Morgan fingerprint density at radius 2 is 1.91 bits per heavy atom. The van der Waals surface area contributed by atoms with Crippen molar-refractivity contribution in [1.29, 1.82) is 0 Å². The number of halogens is 3. The van der Waals surface area contributed by atoms with Crippen molar-refractivity contribution in [2.24, 2.45) is 0 Å². The van der Waals surface area contributed by atoms with Crippen molar-refractivity contribution >= 4 is 5.82 Å². The number of aliphatic hydroxyl groups excluding tert-OH is 3. The molecular formula is C13H20F3N3O4. The fourth-order valence-corrected chi connectivity index (χ4v) is 2.13. The third-order valence-corrected chi connectivity index (χ3v) is 3.29. The number of nitrogens with zero attached hydrogens (tertiary/aromatic N) is 2. The van der Waals surface area contributed by atoms with E-state index in [9.17, 15) is 23.4 Å². The molecule has 7 nitrogen and oxygen atoms in total. The summed E-state index contributed by atoms with van der Waals surface area (Å²) in [7, 11) is 1.00. The zero-order valence-corrected chi connectivity index (χ0v) is 12.7. The minimum absolute atomic E-state index is 0.0503. The molecule has 0 bridgehead atoms. The second-order valence-electron chi connectivity index (χ2n) is 4.80. The minimum atomic E-state index is -4.60. The van der Waals surface area contributed by atoms with Crippen molar-refractivity contribution in [2.75, 3.05) is 19.0 Å². The van der Waals surface area contributed by atoms with Gasteiger partial charge in [0.25, 0.3) is 0 Å². The molecule has 4 atom stereocenters. The second-order valence-corrected chi connectivity index (χ2v) is 4.80. The van der Waals surface area contributed by atoms with Crippen LogP contribution in [0.5, 0.6) is 0 Å². The molecule has 0 aromatic carbocycles. The molecule has 1 aromatic heterocycles. The Kier molecular flexibility index (Phi) is 7.13. The van der Waals surface area contributed by atoms with Gasteiger partial charge in [-0.15, -0.1) is 0 Å². The third kappa shape index (κ3) is 4.99. The second kappa shape index (κ2) is 8.39. The highest BCUT2D eigenvalue weighted by Gasteiger charge is 2.38. The zero-order valence-electron chi connectivity index (χ0n) is 12.7. The maximum absolute atomic E-state index is 12.5. The van der Waals surface area contributed by atoms with Crippen LogP contribution in [0.3, 0.4) is 0 Å². The van der Waals surface area contributed by atoms with Gasteiger partial charge in [0.1, 0.15) is 18.0 Å². The van der Waals surface area contributed by atoms with Crippen LogP contribution in [-0.2, 0) is 10.9 Å². The van der Waals surface area contributed by atoms with Gasteiger partial charge in [0, 0.05) is 7.11 Å². The quantitative estimate of drug-likeness (QED) is 0.632. The molecule has 4 unspecified atom stereocenters. The maximum Gasteiger partial charge on any atom is 0.434 e. The molecule has 1 aliphatic rings. The number of aromatic nitrogens is 2. The van der Waals surface area contributed by atoms with Crippen LogP contribution in [0.15, 0.2) is 12.4 Å². The number of rotatable bonds is 3. The van der Waals surface area contributed by atoms with Crippen molar-refractivity contribution in [3.8, 4) is 0 Å². The summed E-state index contributed by atoms with van der Waals surface area (Å²) in [6.07, 6.45) is -5.12. The van der Waals surface area contributed by atoms with Crippen molar-refractivity contribution in [2.45, 2.75) is 43.9 Å². The van der Waals surface area contributed by atoms with Crippen molar-refractivity contribution < 1.29 is 33.2 Å². The Morgan fingerprint density at radius 3 is 2.48 bits per heavy atom. The summed E-state index contributed by atoms with van der Waals surface area (Å²) in [6, 6.07) is -0.763. The zero-order chi connectivity index (χ0) is 17.6. The monoisotopic (exact) mass is 339 g/mol. The Morgan fingerprint density at radius 1 is 1.26 bits per heavy atom. The summed E-state index contributed by atoms with van der Waals surface area (Å²) in [5.74, 6) is -0.139. The van der Waals surface area contributed by atoms with E-state index in [-0.39, 0.29) is 12.4 Å². The van der Waals surface area contributed by atoms with Crippen LogP contribution in [-0.4, -0.2) is 63.4 Å². The number of anilines is 1. The average Bonchev–Trinajstić information content (AvgIpc) is 2.53. The minimum Gasteiger partial charge on any atom is -0.400 e. The molecule has 2 rings (SSSR count). The fourth-order valence-electron chi connectivity index (χ4n) is 2.13. The van der Waals surface area contributed by atoms with Gasteiger partial charge in [0.05, 0.1) is 31.1 Å². The van der Waals surface area contributed by atoms with Crippen LogP contribution in [0.25, 0.3) is 0 Å². The first-order valence-corrected chi connectivity index (χ1v) is 6.91. The van der Waals surface area contributed by atoms with E-state index in [4.69, 9.17) is 9.84 Å². The summed E-state index contributed by atoms with van der Waals surface area (Å²) in [5.41, 5.74) is -1.13. The standard InChI is InChI=1S/C12H16F3N3O3.CH4O/c1-2-7-11(20)10(19)6(5-21-7)17-9-4-16-3-8(18-9)12(13,14)15;1-2/h3-4,6-7,10-11,19-20H,2,5H2,1H3,(H,17,18);2H,1H3. The van der Waals surface area contributed by atoms with Gasteiger partial charge in [-0.3, -0.25) is 4.98 Å². The fraction of sp³-hybridized carbons (Fsp3) is 0.692. The predicted molar refractivity (Wildman–Crippen MR) is 74.6 cm³/mol. The highest BCUT2D eigenvalue weighted by Crippen LogP contribution is 2.28. The van der Waals surface area contributed by atoms with Crippen molar-refractivity contribution in [3.05, 3.63) is 18.1 Å². The number of ether oxygens (including phenoxy) is 1. The number of hydrogen-bond acceptors (Lipinski definition) is 7. The van der Waals surface area contributed by atoms with Gasteiger partial charge in [-0.25, -0.2) is 4.98 Å². The molecule has 4 N–H and O–H groups in total. The van der Waals surface area contributed by atoms with E-state index in [1.807, 2.05) is 0 Å². The van der Waals surface area contributed by atoms with E-state index in [2.05, 4.69) is 15.3 Å². The number of hydrogen-bond donors (Lipinski definition) is 4. The lowest BCUT2D eigenvalue weighted by atomic mass is 9.96. The van der Waals surface area contributed by atoms with Crippen molar-refractivity contribution in [3.63, 3.8) is 0 Å². The van der Waals surface area contributed by atoms with Crippen LogP contribution in [0.1, 0.15) is 19.0 Å². The lowest BCUT2D eigenvalue weighted by molar-refractivity contribution is -0.142. The Hall–Kier alpha value is -1.49. The molecule has 0 saturated carbocycles. The molecule has 0 spiro atoms. The Balaban J connectivity index is 0.00000127. The van der Waals surface area contributed by atoms with E-state index in [1.54, 1.807) is 6.92 Å². The van der Waals surface area contributed by atoms with Crippen LogP contribution in [0.4, 0.5) is 19.0 Å². The number of aliphatic hydroxyl groups is 3. The molecule has 1 saturated heterocycles. The lowest BCUT2D eigenvalue weighted by Gasteiger charge is -2.37. The highest BCUT2D eigenvalue weighted by molar-refractivity contribution is 5.34. The molecule has 0 aliphatic carbocycles. The van der Waals surface area contributed by atoms with Gasteiger partial charge in [0.2, 0.25) is 0 Å². The first kappa shape index (κ1) is 19.6. The Bertz CT molecular complexity index is 490. The molecule has 10 heteroatoms. The molecule has 1 aliphatic heterocycles. The van der Waals surface area contributed by atoms with Gasteiger partial charge in [-0.05, 0) is 6.42 Å².